The van der Waals surface area contributed by atoms with Crippen LogP contribution in [0, 0.1) is 12.7 Å². The van der Waals surface area contributed by atoms with E-state index in [9.17, 15) is 18.8 Å². The summed E-state index contributed by atoms with van der Waals surface area (Å²) in [5.41, 5.74) is 2.58. The van der Waals surface area contributed by atoms with Crippen LogP contribution in [0.4, 0.5) is 10.1 Å². The number of hydrogen-bond donors (Lipinski definition) is 1. The minimum absolute atomic E-state index is 0.154. The summed E-state index contributed by atoms with van der Waals surface area (Å²) in [7, 11) is 0. The number of carbonyl (C=O) groups is 3. The summed E-state index contributed by atoms with van der Waals surface area (Å²) in [6.07, 6.45) is 0. The van der Waals surface area contributed by atoms with Crippen LogP contribution in [-0.4, -0.2) is 22.5 Å². The highest BCUT2D eigenvalue weighted by atomic mass is 19.1. The molecule has 1 heterocycles. The van der Waals surface area contributed by atoms with Gasteiger partial charge in [0.1, 0.15) is 5.82 Å². The number of carbonyl (C=O) groups excluding carboxylic acids is 3. The molecule has 150 valence electrons. The Morgan fingerprint density at radius 1 is 0.871 bits per heavy atom. The van der Waals surface area contributed by atoms with Crippen molar-refractivity contribution < 1.29 is 18.8 Å². The number of anilines is 1. The second-order valence-corrected chi connectivity index (χ2v) is 7.36. The Hall–Kier alpha value is -4.19. The number of halogens is 1. The van der Waals surface area contributed by atoms with Crippen molar-refractivity contribution in [3.05, 3.63) is 106 Å². The number of benzene rings is 3. The third-order valence-electron chi connectivity index (χ3n) is 5.34. The van der Waals surface area contributed by atoms with E-state index in [1.54, 1.807) is 55.5 Å². The quantitative estimate of drug-likeness (QED) is 0.457. The zero-order valence-corrected chi connectivity index (χ0v) is 16.4. The molecule has 1 N–H and O–H groups in total. The minimum atomic E-state index is -0.520. The molecule has 1 aromatic heterocycles. The zero-order chi connectivity index (χ0) is 21.7. The number of nitrogens with zero attached hydrogens (tertiary/aromatic N) is 1. The van der Waals surface area contributed by atoms with E-state index < -0.39 is 11.7 Å². The van der Waals surface area contributed by atoms with Gasteiger partial charge in [0.15, 0.2) is 11.6 Å². The number of aromatic nitrogens is 1. The normalized spacial score (nSPS) is 12.5. The van der Waals surface area contributed by atoms with E-state index in [4.69, 9.17) is 0 Å². The van der Waals surface area contributed by atoms with E-state index >= 15 is 0 Å². The zero-order valence-electron chi connectivity index (χ0n) is 16.4. The first-order chi connectivity index (χ1) is 14.9. The maximum atomic E-state index is 13.8. The van der Waals surface area contributed by atoms with Crippen molar-refractivity contribution in [1.82, 2.24) is 4.98 Å². The highest BCUT2D eigenvalue weighted by molar-refractivity contribution is 6.31. The van der Waals surface area contributed by atoms with Gasteiger partial charge in [0, 0.05) is 27.8 Å². The number of pyridine rings is 1. The minimum Gasteiger partial charge on any atom is -0.321 e. The highest BCUT2D eigenvalue weighted by Crippen LogP contribution is 2.32. The van der Waals surface area contributed by atoms with Crippen LogP contribution in [0.5, 0.6) is 0 Å². The summed E-state index contributed by atoms with van der Waals surface area (Å²) in [6, 6.07) is 17.0. The molecule has 0 aliphatic heterocycles. The Morgan fingerprint density at radius 2 is 1.58 bits per heavy atom. The molecule has 5 rings (SSSR count). The van der Waals surface area contributed by atoms with Crippen molar-refractivity contribution in [2.75, 3.05) is 5.32 Å². The van der Waals surface area contributed by atoms with Gasteiger partial charge in [-0.1, -0.05) is 36.4 Å². The number of ketones is 2. The van der Waals surface area contributed by atoms with Gasteiger partial charge in [-0.15, -0.1) is 0 Å². The molecule has 0 spiro atoms. The topological polar surface area (TPSA) is 76.1 Å². The van der Waals surface area contributed by atoms with Crippen LogP contribution in [0.2, 0.25) is 0 Å². The predicted molar refractivity (Wildman–Crippen MR) is 114 cm³/mol. The van der Waals surface area contributed by atoms with Crippen molar-refractivity contribution >= 4 is 34.1 Å². The molecule has 1 amide bonds. The molecule has 1 aliphatic rings. The van der Waals surface area contributed by atoms with Gasteiger partial charge in [0.25, 0.3) is 5.91 Å². The van der Waals surface area contributed by atoms with E-state index in [0.29, 0.717) is 27.7 Å². The number of fused-ring (bicyclic) bond motifs is 3. The molecular weight excluding hydrogens is 395 g/mol. The average molecular weight is 410 g/mol. The second-order valence-electron chi connectivity index (χ2n) is 7.36. The first-order valence-electron chi connectivity index (χ1n) is 9.64. The van der Waals surface area contributed by atoms with E-state index in [2.05, 4.69) is 10.3 Å². The van der Waals surface area contributed by atoms with E-state index in [0.717, 1.165) is 0 Å². The van der Waals surface area contributed by atoms with Gasteiger partial charge in [-0.2, -0.15) is 0 Å². The lowest BCUT2D eigenvalue weighted by Gasteiger charge is -2.20. The van der Waals surface area contributed by atoms with Crippen LogP contribution in [0.3, 0.4) is 0 Å². The van der Waals surface area contributed by atoms with Crippen molar-refractivity contribution in [2.24, 2.45) is 0 Å². The Morgan fingerprint density at radius 3 is 2.35 bits per heavy atom. The first-order valence-corrected chi connectivity index (χ1v) is 9.64. The number of amides is 1. The third-order valence-corrected chi connectivity index (χ3v) is 5.34. The standard InChI is InChI=1S/C25H15FN2O3/c1-13-11-19(18-12-14(26)9-10-20(18)27-13)25(31)28-21-8-4-7-17-22(21)24(30)16-6-3-2-5-15(16)23(17)29/h2-12H,1H3,(H,28,31). The fraction of sp³-hybridized carbons (Fsp3) is 0.0400. The van der Waals surface area contributed by atoms with Gasteiger partial charge >= 0.3 is 0 Å². The SMILES string of the molecule is Cc1cc(C(=O)Nc2cccc3c2C(=O)c2ccccc2C3=O)c2cc(F)ccc2n1. The largest absolute Gasteiger partial charge is 0.321 e. The molecule has 3 aromatic carbocycles. The molecule has 1 aliphatic carbocycles. The molecule has 31 heavy (non-hydrogen) atoms. The van der Waals surface area contributed by atoms with E-state index in [1.807, 2.05) is 0 Å². The maximum absolute atomic E-state index is 13.8. The molecular formula is C25H15FN2O3. The summed E-state index contributed by atoms with van der Waals surface area (Å²) in [5, 5.41) is 3.11. The fourth-order valence-corrected chi connectivity index (χ4v) is 3.96. The van der Waals surface area contributed by atoms with Crippen LogP contribution in [0.1, 0.15) is 47.9 Å². The molecule has 0 saturated carbocycles. The molecule has 0 atom stereocenters. The Kier molecular flexibility index (Phi) is 4.22. The van der Waals surface area contributed by atoms with Gasteiger partial charge in [0.2, 0.25) is 0 Å². The maximum Gasteiger partial charge on any atom is 0.256 e. The Bertz CT molecular complexity index is 1440. The van der Waals surface area contributed by atoms with Gasteiger partial charge in [-0.25, -0.2) is 4.39 Å². The van der Waals surface area contributed by atoms with Crippen molar-refractivity contribution in [3.8, 4) is 0 Å². The van der Waals surface area contributed by atoms with Crippen LogP contribution in [-0.2, 0) is 0 Å². The summed E-state index contributed by atoms with van der Waals surface area (Å²) >= 11 is 0. The van der Waals surface area contributed by atoms with Crippen molar-refractivity contribution in [2.45, 2.75) is 6.92 Å². The molecule has 0 saturated heterocycles. The summed E-state index contributed by atoms with van der Waals surface area (Å²) in [5.74, 6) is -1.60. The Labute approximate surface area is 176 Å². The average Bonchev–Trinajstić information content (AvgIpc) is 2.77. The molecule has 0 bridgehead atoms. The fourth-order valence-electron chi connectivity index (χ4n) is 3.96. The molecule has 6 heteroatoms. The molecule has 5 nitrogen and oxygen atoms in total. The third kappa shape index (κ3) is 3.00. The van der Waals surface area contributed by atoms with Crippen LogP contribution in [0.15, 0.2) is 66.7 Å². The second kappa shape index (κ2) is 6.95. The molecule has 4 aromatic rings. The summed E-state index contributed by atoms with van der Waals surface area (Å²) < 4.78 is 13.8. The summed E-state index contributed by atoms with van der Waals surface area (Å²) in [6.45, 7) is 1.74. The predicted octanol–water partition coefficient (Wildman–Crippen LogP) is 4.71. The van der Waals surface area contributed by atoms with Crippen LogP contribution < -0.4 is 5.32 Å². The first kappa shape index (κ1) is 18.8. The van der Waals surface area contributed by atoms with Gasteiger partial charge in [-0.3, -0.25) is 19.4 Å². The van der Waals surface area contributed by atoms with Crippen LogP contribution in [0.25, 0.3) is 10.9 Å². The lowest BCUT2D eigenvalue weighted by atomic mass is 9.83. The lowest BCUT2D eigenvalue weighted by molar-refractivity contribution is 0.0978. The van der Waals surface area contributed by atoms with Gasteiger partial charge in [-0.05, 0) is 37.3 Å². The van der Waals surface area contributed by atoms with Crippen molar-refractivity contribution in [1.29, 1.82) is 0 Å². The lowest BCUT2D eigenvalue weighted by Crippen LogP contribution is -2.24. The number of hydrogen-bond acceptors (Lipinski definition) is 4. The number of nitrogens with one attached hydrogen (secondary N) is 1. The highest BCUT2D eigenvalue weighted by Gasteiger charge is 2.31. The van der Waals surface area contributed by atoms with Crippen molar-refractivity contribution in [3.63, 3.8) is 0 Å². The van der Waals surface area contributed by atoms with E-state index in [1.165, 1.54) is 18.2 Å². The summed E-state index contributed by atoms with van der Waals surface area (Å²) in [4.78, 5) is 43.5. The van der Waals surface area contributed by atoms with Crippen LogP contribution >= 0.6 is 0 Å². The molecule has 0 unspecified atom stereocenters. The molecule has 0 radical (unpaired) electrons. The monoisotopic (exact) mass is 410 g/mol. The molecule has 0 fully saturated rings. The Balaban J connectivity index is 1.61. The van der Waals surface area contributed by atoms with E-state index in [-0.39, 0.29) is 33.9 Å². The smallest absolute Gasteiger partial charge is 0.256 e. The van der Waals surface area contributed by atoms with Gasteiger partial charge in [0.05, 0.1) is 22.3 Å². The van der Waals surface area contributed by atoms with Gasteiger partial charge < -0.3 is 5.32 Å². The number of rotatable bonds is 2. The number of aryl methyl sites for hydroxylation is 1.